The van der Waals surface area contributed by atoms with Crippen molar-refractivity contribution in [2.24, 2.45) is 23.7 Å². The largest absolute Gasteiger partial charge is 0.216 e. The Kier molecular flexibility index (Phi) is 7.65. The fourth-order valence-corrected chi connectivity index (χ4v) is 5.00. The molecule has 0 nitrogen and oxygen atoms in total. The molecule has 0 bridgehead atoms. The summed E-state index contributed by atoms with van der Waals surface area (Å²) in [4.78, 5) is 0. The van der Waals surface area contributed by atoms with Crippen LogP contribution >= 0.6 is 0 Å². The third-order valence-electron chi connectivity index (χ3n) is 6.64. The average Bonchev–Trinajstić information content (AvgIpc) is 2.69. The predicted molar refractivity (Wildman–Crippen MR) is 108 cm³/mol. The maximum atomic E-state index is 14.2. The minimum absolute atomic E-state index is 0.0822. The smallest absolute Gasteiger partial charge is 0.142 e. The van der Waals surface area contributed by atoms with Crippen LogP contribution in [0.25, 0.3) is 0 Å². The van der Waals surface area contributed by atoms with Crippen molar-refractivity contribution >= 4 is 0 Å². The van der Waals surface area contributed by atoms with Crippen molar-refractivity contribution in [1.29, 1.82) is 0 Å². The summed E-state index contributed by atoms with van der Waals surface area (Å²) in [5.74, 6) is 6.98. The van der Waals surface area contributed by atoms with Crippen molar-refractivity contribution < 1.29 is 13.2 Å². The normalized spacial score (nSPS) is 28.1. The van der Waals surface area contributed by atoms with Gasteiger partial charge in [0.05, 0.1) is 11.9 Å². The first kappa shape index (κ1) is 21.0. The first-order valence-electron chi connectivity index (χ1n) is 10.9. The molecular formula is C25H31F3. The molecule has 0 amide bonds. The van der Waals surface area contributed by atoms with E-state index in [9.17, 15) is 13.2 Å². The Morgan fingerprint density at radius 3 is 2.04 bits per heavy atom. The van der Waals surface area contributed by atoms with Gasteiger partial charge in [0.1, 0.15) is 11.6 Å². The number of hydrogen-bond donors (Lipinski definition) is 0. The lowest BCUT2D eigenvalue weighted by molar-refractivity contribution is 0.168. The molecule has 2 fully saturated rings. The van der Waals surface area contributed by atoms with Crippen LogP contribution in [0.5, 0.6) is 0 Å². The zero-order valence-electron chi connectivity index (χ0n) is 16.8. The van der Waals surface area contributed by atoms with Gasteiger partial charge >= 0.3 is 0 Å². The summed E-state index contributed by atoms with van der Waals surface area (Å²) in [5, 5.41) is 0. The number of rotatable bonds is 4. The molecule has 0 saturated heterocycles. The molecule has 0 heterocycles. The van der Waals surface area contributed by atoms with Gasteiger partial charge < -0.3 is 0 Å². The van der Waals surface area contributed by atoms with Crippen LogP contribution in [0.2, 0.25) is 0 Å². The molecule has 0 N–H and O–H groups in total. The monoisotopic (exact) mass is 388 g/mol. The molecule has 0 radical (unpaired) electrons. The fraction of sp³-hybridized carbons (Fsp3) is 0.600. The van der Waals surface area contributed by atoms with Gasteiger partial charge in [-0.15, -0.1) is 0 Å². The number of allylic oxidation sites excluding steroid dienone is 1. The van der Waals surface area contributed by atoms with E-state index < -0.39 is 11.6 Å². The van der Waals surface area contributed by atoms with Crippen molar-refractivity contribution in [3.63, 3.8) is 0 Å². The second-order valence-electron chi connectivity index (χ2n) is 8.56. The van der Waals surface area contributed by atoms with Crippen molar-refractivity contribution in [1.82, 2.24) is 0 Å². The van der Waals surface area contributed by atoms with E-state index >= 15 is 0 Å². The van der Waals surface area contributed by atoms with Crippen molar-refractivity contribution in [2.75, 3.05) is 0 Å². The molecule has 2 aliphatic rings. The maximum absolute atomic E-state index is 14.2. The van der Waals surface area contributed by atoms with E-state index in [-0.39, 0.29) is 11.5 Å². The third kappa shape index (κ3) is 5.43. The van der Waals surface area contributed by atoms with Gasteiger partial charge in [0.25, 0.3) is 0 Å². The van der Waals surface area contributed by atoms with Gasteiger partial charge in [-0.2, -0.15) is 0 Å². The highest BCUT2D eigenvalue weighted by molar-refractivity contribution is 5.39. The molecule has 3 rings (SSSR count). The molecule has 0 aromatic heterocycles. The van der Waals surface area contributed by atoms with Crippen LogP contribution < -0.4 is 0 Å². The summed E-state index contributed by atoms with van der Waals surface area (Å²) in [6.45, 7) is 1.99. The highest BCUT2D eigenvalue weighted by Crippen LogP contribution is 2.41. The van der Waals surface area contributed by atoms with Crippen molar-refractivity contribution in [2.45, 2.75) is 71.1 Å². The lowest BCUT2D eigenvalue weighted by Gasteiger charge is -2.36. The van der Waals surface area contributed by atoms with Gasteiger partial charge in [-0.3, -0.25) is 0 Å². The van der Waals surface area contributed by atoms with Gasteiger partial charge in [-0.1, -0.05) is 31.3 Å². The summed E-state index contributed by atoms with van der Waals surface area (Å²) in [6.07, 6.45) is 12.8. The van der Waals surface area contributed by atoms with Crippen LogP contribution in [0, 0.1) is 47.1 Å². The predicted octanol–water partition coefficient (Wildman–Crippen LogP) is 7.36. The van der Waals surface area contributed by atoms with E-state index in [4.69, 9.17) is 0 Å². The summed E-state index contributed by atoms with van der Waals surface area (Å²) >= 11 is 0. The average molecular weight is 389 g/mol. The van der Waals surface area contributed by atoms with Crippen molar-refractivity contribution in [3.8, 4) is 11.8 Å². The van der Waals surface area contributed by atoms with Crippen molar-refractivity contribution in [3.05, 3.63) is 47.3 Å². The van der Waals surface area contributed by atoms with Crippen LogP contribution in [-0.4, -0.2) is 0 Å². The Balaban J connectivity index is 1.53. The molecule has 28 heavy (non-hydrogen) atoms. The summed E-state index contributed by atoms with van der Waals surface area (Å²) in [5.41, 5.74) is 0.613. The van der Waals surface area contributed by atoms with Gasteiger partial charge in [0, 0.05) is 5.92 Å². The molecule has 1 aromatic rings. The van der Waals surface area contributed by atoms with E-state index in [1.807, 2.05) is 6.92 Å². The highest BCUT2D eigenvalue weighted by atomic mass is 19.1. The minimum Gasteiger partial charge on any atom is -0.216 e. The number of benzene rings is 1. The van der Waals surface area contributed by atoms with Gasteiger partial charge in [0.2, 0.25) is 0 Å². The molecule has 152 valence electrons. The zero-order chi connectivity index (χ0) is 19.9. The molecule has 0 atom stereocenters. The molecule has 0 spiro atoms. The van der Waals surface area contributed by atoms with Gasteiger partial charge in [-0.25, -0.2) is 13.2 Å². The Hall–Kier alpha value is -1.69. The van der Waals surface area contributed by atoms with Crippen LogP contribution in [0.4, 0.5) is 13.2 Å². The SMILES string of the molecule is CCCc1cc(F)c(C#CC2CCC(C3CCC(/C=C/F)CC3)CC2)c(F)c1. The lowest BCUT2D eigenvalue weighted by atomic mass is 9.69. The second kappa shape index (κ2) is 10.2. The van der Waals surface area contributed by atoms with Crippen LogP contribution in [-0.2, 0) is 6.42 Å². The van der Waals surface area contributed by atoms with E-state index in [0.29, 0.717) is 24.2 Å². The number of aryl methyl sites for hydroxylation is 1. The summed E-state index contributed by atoms with van der Waals surface area (Å²) < 4.78 is 40.7. The summed E-state index contributed by atoms with van der Waals surface area (Å²) in [6, 6.07) is 2.84. The Morgan fingerprint density at radius 2 is 1.50 bits per heavy atom. The molecule has 0 unspecified atom stereocenters. The lowest BCUT2D eigenvalue weighted by Crippen LogP contribution is -2.25. The molecule has 2 aliphatic carbocycles. The van der Waals surface area contributed by atoms with E-state index in [0.717, 1.165) is 56.8 Å². The van der Waals surface area contributed by atoms with Crippen LogP contribution in [0.15, 0.2) is 24.5 Å². The van der Waals surface area contributed by atoms with E-state index in [1.54, 1.807) is 6.08 Å². The maximum Gasteiger partial charge on any atom is 0.142 e. The Morgan fingerprint density at radius 1 is 0.929 bits per heavy atom. The molecule has 3 heteroatoms. The standard InChI is InChI=1S/C25H31F3/c1-2-3-20-16-24(27)23(25(28)17-20)13-8-18-4-9-21(10-5-18)22-11-6-19(7-12-22)14-15-26/h14-19,21-22H,2-7,9-12H2,1H3/b15-14+. The third-order valence-corrected chi connectivity index (χ3v) is 6.64. The summed E-state index contributed by atoms with van der Waals surface area (Å²) in [7, 11) is 0. The first-order valence-corrected chi connectivity index (χ1v) is 10.9. The molecule has 0 aliphatic heterocycles. The Labute approximate surface area is 167 Å². The topological polar surface area (TPSA) is 0 Å². The molecular weight excluding hydrogens is 357 g/mol. The van der Waals surface area contributed by atoms with Crippen LogP contribution in [0.3, 0.4) is 0 Å². The number of halogens is 3. The van der Waals surface area contributed by atoms with E-state index in [1.165, 1.54) is 25.0 Å². The van der Waals surface area contributed by atoms with Gasteiger partial charge in [0.15, 0.2) is 0 Å². The zero-order valence-corrected chi connectivity index (χ0v) is 16.8. The highest BCUT2D eigenvalue weighted by Gasteiger charge is 2.30. The van der Waals surface area contributed by atoms with E-state index in [2.05, 4.69) is 11.8 Å². The first-order chi connectivity index (χ1) is 13.6. The number of hydrogen-bond acceptors (Lipinski definition) is 0. The fourth-order valence-electron chi connectivity index (χ4n) is 5.00. The Bertz CT molecular complexity index is 701. The molecule has 1 aromatic carbocycles. The quantitative estimate of drug-likeness (QED) is 0.473. The minimum atomic E-state index is -0.538. The second-order valence-corrected chi connectivity index (χ2v) is 8.56. The van der Waals surface area contributed by atoms with Crippen LogP contribution in [0.1, 0.15) is 75.8 Å². The van der Waals surface area contributed by atoms with Gasteiger partial charge in [-0.05, 0) is 93.2 Å². The molecule has 2 saturated carbocycles.